The van der Waals surface area contributed by atoms with Gasteiger partial charge in [-0.2, -0.15) is 0 Å². The molecule has 0 saturated heterocycles. The predicted octanol–water partition coefficient (Wildman–Crippen LogP) is 3.63. The van der Waals surface area contributed by atoms with E-state index in [-0.39, 0.29) is 11.3 Å². The van der Waals surface area contributed by atoms with E-state index in [9.17, 15) is 4.79 Å². The standard InChI is InChI=1S/C13H9Cl2NO2/c1-18-9-5-8(6-16-7-9)13(17)12-10(14)3-2-4-11(12)15/h2-7H,1H3. The van der Waals surface area contributed by atoms with Crippen LogP contribution in [-0.2, 0) is 0 Å². The maximum absolute atomic E-state index is 12.3. The van der Waals surface area contributed by atoms with Gasteiger partial charge in [-0.05, 0) is 18.2 Å². The summed E-state index contributed by atoms with van der Waals surface area (Å²) in [5.41, 5.74) is 0.653. The van der Waals surface area contributed by atoms with Crippen LogP contribution in [0.15, 0.2) is 36.7 Å². The maximum Gasteiger partial charge on any atom is 0.197 e. The van der Waals surface area contributed by atoms with Crippen molar-refractivity contribution in [3.05, 3.63) is 57.8 Å². The number of halogens is 2. The van der Waals surface area contributed by atoms with Crippen molar-refractivity contribution in [3.63, 3.8) is 0 Å². The molecule has 0 fully saturated rings. The fraction of sp³-hybridized carbons (Fsp3) is 0.0769. The average molecular weight is 282 g/mol. The Morgan fingerprint density at radius 3 is 2.50 bits per heavy atom. The lowest BCUT2D eigenvalue weighted by Gasteiger charge is -2.06. The van der Waals surface area contributed by atoms with Crippen LogP contribution in [0.4, 0.5) is 0 Å². The zero-order valence-electron chi connectivity index (χ0n) is 9.48. The summed E-state index contributed by atoms with van der Waals surface area (Å²) in [6.45, 7) is 0. The van der Waals surface area contributed by atoms with Crippen LogP contribution in [-0.4, -0.2) is 17.9 Å². The molecule has 1 aromatic heterocycles. The van der Waals surface area contributed by atoms with Gasteiger partial charge in [-0.3, -0.25) is 9.78 Å². The summed E-state index contributed by atoms with van der Waals surface area (Å²) >= 11 is 12.0. The molecule has 92 valence electrons. The fourth-order valence-corrected chi connectivity index (χ4v) is 2.08. The van der Waals surface area contributed by atoms with Crippen LogP contribution in [0, 0.1) is 0 Å². The van der Waals surface area contributed by atoms with E-state index < -0.39 is 0 Å². The van der Waals surface area contributed by atoms with Crippen molar-refractivity contribution in [1.29, 1.82) is 0 Å². The highest BCUT2D eigenvalue weighted by Gasteiger charge is 2.17. The maximum atomic E-state index is 12.3. The largest absolute Gasteiger partial charge is 0.495 e. The lowest BCUT2D eigenvalue weighted by Crippen LogP contribution is -2.04. The Bertz CT molecular complexity index is 579. The fourth-order valence-electron chi connectivity index (χ4n) is 1.51. The van der Waals surface area contributed by atoms with Crippen LogP contribution in [0.3, 0.4) is 0 Å². The van der Waals surface area contributed by atoms with Crippen LogP contribution in [0.2, 0.25) is 10.0 Å². The van der Waals surface area contributed by atoms with Gasteiger partial charge in [0.1, 0.15) is 5.75 Å². The van der Waals surface area contributed by atoms with Crippen molar-refractivity contribution in [2.45, 2.75) is 0 Å². The highest BCUT2D eigenvalue weighted by atomic mass is 35.5. The lowest BCUT2D eigenvalue weighted by atomic mass is 10.0. The number of rotatable bonds is 3. The van der Waals surface area contributed by atoms with Crippen molar-refractivity contribution >= 4 is 29.0 Å². The van der Waals surface area contributed by atoms with Crippen molar-refractivity contribution in [1.82, 2.24) is 4.98 Å². The van der Waals surface area contributed by atoms with E-state index in [4.69, 9.17) is 27.9 Å². The van der Waals surface area contributed by atoms with Crippen molar-refractivity contribution in [3.8, 4) is 5.75 Å². The van der Waals surface area contributed by atoms with E-state index in [1.165, 1.54) is 19.5 Å². The third-order valence-corrected chi connectivity index (χ3v) is 3.03. The number of carbonyl (C=O) groups is 1. The number of ketones is 1. The number of benzene rings is 1. The number of methoxy groups -OCH3 is 1. The summed E-state index contributed by atoms with van der Waals surface area (Å²) < 4.78 is 5.02. The van der Waals surface area contributed by atoms with E-state index in [1.807, 2.05) is 0 Å². The first kappa shape index (κ1) is 12.9. The van der Waals surface area contributed by atoms with E-state index in [2.05, 4.69) is 4.98 Å². The number of nitrogens with zero attached hydrogens (tertiary/aromatic N) is 1. The highest BCUT2D eigenvalue weighted by molar-refractivity contribution is 6.41. The predicted molar refractivity (Wildman–Crippen MR) is 70.7 cm³/mol. The SMILES string of the molecule is COc1cncc(C(=O)c2c(Cl)cccc2Cl)c1. The van der Waals surface area contributed by atoms with Gasteiger partial charge in [0.2, 0.25) is 0 Å². The van der Waals surface area contributed by atoms with E-state index in [1.54, 1.807) is 24.3 Å². The number of pyridine rings is 1. The Balaban J connectivity index is 2.48. The summed E-state index contributed by atoms with van der Waals surface area (Å²) in [5, 5.41) is 0.630. The molecular formula is C13H9Cl2NO2. The van der Waals surface area contributed by atoms with E-state index in [0.717, 1.165) is 0 Å². The number of carbonyl (C=O) groups excluding carboxylic acids is 1. The minimum absolute atomic E-state index is 0.274. The monoisotopic (exact) mass is 281 g/mol. The normalized spacial score (nSPS) is 10.2. The molecule has 0 aliphatic carbocycles. The second-order valence-electron chi connectivity index (χ2n) is 3.54. The van der Waals surface area contributed by atoms with Crippen molar-refractivity contribution in [2.24, 2.45) is 0 Å². The molecule has 0 N–H and O–H groups in total. The van der Waals surface area contributed by atoms with Gasteiger partial charge in [-0.15, -0.1) is 0 Å². The zero-order chi connectivity index (χ0) is 13.1. The summed E-state index contributed by atoms with van der Waals surface area (Å²) in [6, 6.07) is 6.52. The number of aromatic nitrogens is 1. The zero-order valence-corrected chi connectivity index (χ0v) is 11.0. The van der Waals surface area contributed by atoms with Crippen molar-refractivity contribution < 1.29 is 9.53 Å². The molecule has 2 rings (SSSR count). The number of hydrogen-bond acceptors (Lipinski definition) is 3. The van der Waals surface area contributed by atoms with Crippen LogP contribution in [0.1, 0.15) is 15.9 Å². The van der Waals surface area contributed by atoms with Crippen LogP contribution in [0.25, 0.3) is 0 Å². The van der Waals surface area contributed by atoms with Gasteiger partial charge in [0, 0.05) is 11.8 Å². The van der Waals surface area contributed by atoms with Gasteiger partial charge in [0.25, 0.3) is 0 Å². The smallest absolute Gasteiger partial charge is 0.197 e. The third kappa shape index (κ3) is 2.47. The molecular weight excluding hydrogens is 273 g/mol. The van der Waals surface area contributed by atoms with Crippen molar-refractivity contribution in [2.75, 3.05) is 7.11 Å². The van der Waals surface area contributed by atoms with Crippen LogP contribution >= 0.6 is 23.2 Å². The van der Waals surface area contributed by atoms with E-state index in [0.29, 0.717) is 21.4 Å². The molecule has 0 aliphatic heterocycles. The third-order valence-electron chi connectivity index (χ3n) is 2.40. The Morgan fingerprint density at radius 2 is 1.89 bits per heavy atom. The van der Waals surface area contributed by atoms with Gasteiger partial charge < -0.3 is 4.74 Å². The molecule has 0 radical (unpaired) electrons. The number of ether oxygens (including phenoxy) is 1. The Hall–Kier alpha value is -1.58. The molecule has 0 atom stereocenters. The molecule has 0 saturated carbocycles. The molecule has 0 spiro atoms. The molecule has 3 nitrogen and oxygen atoms in total. The Labute approximate surface area is 114 Å². The van der Waals surface area contributed by atoms with Gasteiger partial charge in [0.05, 0.1) is 28.9 Å². The summed E-state index contributed by atoms with van der Waals surface area (Å²) in [4.78, 5) is 16.2. The van der Waals surface area contributed by atoms with Gasteiger partial charge in [-0.25, -0.2) is 0 Å². The Kier molecular flexibility index (Phi) is 3.84. The molecule has 2 aromatic rings. The molecule has 18 heavy (non-hydrogen) atoms. The molecule has 5 heteroatoms. The second-order valence-corrected chi connectivity index (χ2v) is 4.35. The van der Waals surface area contributed by atoms with E-state index >= 15 is 0 Å². The topological polar surface area (TPSA) is 39.2 Å². The van der Waals surface area contributed by atoms with Crippen LogP contribution < -0.4 is 4.74 Å². The van der Waals surface area contributed by atoms with Gasteiger partial charge in [0.15, 0.2) is 5.78 Å². The minimum Gasteiger partial charge on any atom is -0.495 e. The lowest BCUT2D eigenvalue weighted by molar-refractivity contribution is 0.103. The summed E-state index contributed by atoms with van der Waals surface area (Å²) in [7, 11) is 1.51. The molecule has 0 amide bonds. The second kappa shape index (κ2) is 5.38. The minimum atomic E-state index is -0.281. The van der Waals surface area contributed by atoms with Gasteiger partial charge in [-0.1, -0.05) is 29.3 Å². The molecule has 0 unspecified atom stereocenters. The first-order valence-electron chi connectivity index (χ1n) is 5.11. The first-order valence-corrected chi connectivity index (χ1v) is 5.87. The highest BCUT2D eigenvalue weighted by Crippen LogP contribution is 2.27. The average Bonchev–Trinajstić information content (AvgIpc) is 2.38. The molecule has 1 aromatic carbocycles. The first-order chi connectivity index (χ1) is 8.63. The molecule has 0 bridgehead atoms. The van der Waals surface area contributed by atoms with Crippen LogP contribution in [0.5, 0.6) is 5.75 Å². The Morgan fingerprint density at radius 1 is 1.22 bits per heavy atom. The van der Waals surface area contributed by atoms with Gasteiger partial charge >= 0.3 is 0 Å². The molecule has 0 aliphatic rings. The quantitative estimate of drug-likeness (QED) is 0.807. The summed E-state index contributed by atoms with van der Waals surface area (Å²) in [5.74, 6) is 0.223. The molecule has 1 heterocycles. The summed E-state index contributed by atoms with van der Waals surface area (Å²) in [6.07, 6.45) is 2.97. The number of hydrogen-bond donors (Lipinski definition) is 0.